The van der Waals surface area contributed by atoms with Crippen molar-refractivity contribution in [1.29, 1.82) is 0 Å². The van der Waals surface area contributed by atoms with E-state index in [1.54, 1.807) is 0 Å². The highest BCUT2D eigenvalue weighted by Crippen LogP contribution is 2.48. The molecule has 4 unspecified atom stereocenters. The number of aliphatic hydroxyl groups excluding tert-OH is 1. The third-order valence-corrected chi connectivity index (χ3v) is 5.04. The predicted octanol–water partition coefficient (Wildman–Crippen LogP) is 0.929. The van der Waals surface area contributed by atoms with Gasteiger partial charge in [-0.05, 0) is 43.9 Å². The zero-order chi connectivity index (χ0) is 14.3. The number of aliphatic carboxylic acids is 1. The van der Waals surface area contributed by atoms with E-state index in [1.807, 2.05) is 12.2 Å². The van der Waals surface area contributed by atoms with Crippen molar-refractivity contribution >= 4 is 11.9 Å². The van der Waals surface area contributed by atoms with E-state index < -0.39 is 17.8 Å². The van der Waals surface area contributed by atoms with Crippen LogP contribution in [0.25, 0.3) is 0 Å². The number of carboxylic acids is 1. The Labute approximate surface area is 118 Å². The molecule has 110 valence electrons. The van der Waals surface area contributed by atoms with Gasteiger partial charge < -0.3 is 15.5 Å². The second-order valence-electron chi connectivity index (χ2n) is 6.36. The summed E-state index contributed by atoms with van der Waals surface area (Å²) in [5.74, 6) is -1.97. The number of hydrogen-bond acceptors (Lipinski definition) is 3. The van der Waals surface area contributed by atoms with Gasteiger partial charge in [0.05, 0.1) is 17.9 Å². The molecule has 2 fully saturated rings. The Hall–Kier alpha value is -1.36. The van der Waals surface area contributed by atoms with Crippen LogP contribution in [0, 0.1) is 23.7 Å². The van der Waals surface area contributed by atoms with E-state index in [0.717, 1.165) is 25.7 Å². The van der Waals surface area contributed by atoms with Crippen molar-refractivity contribution in [2.24, 2.45) is 23.7 Å². The molecule has 2 bridgehead atoms. The molecular formula is C15H21NO4. The van der Waals surface area contributed by atoms with Crippen LogP contribution in [-0.2, 0) is 9.59 Å². The monoisotopic (exact) mass is 279 g/mol. The van der Waals surface area contributed by atoms with E-state index in [4.69, 9.17) is 0 Å². The molecule has 0 heterocycles. The maximum Gasteiger partial charge on any atom is 0.307 e. The lowest BCUT2D eigenvalue weighted by atomic mass is 9.82. The standard InChI is InChI=1S/C15H21NO4/c17-11-3-1-2-10(7-11)16-14(18)12-8-4-5-9(6-8)13(12)15(19)20/h4-5,8-13,17H,1-3,6-7H2,(H,16,18)(H,19,20)/t8?,9?,10?,11?,12-,13+/m0/s1. The molecule has 6 atom stereocenters. The highest BCUT2D eigenvalue weighted by molar-refractivity contribution is 5.87. The molecule has 2 saturated carbocycles. The maximum absolute atomic E-state index is 12.4. The fourth-order valence-corrected chi connectivity index (χ4v) is 4.11. The number of allylic oxidation sites excluding steroid dienone is 2. The quantitative estimate of drug-likeness (QED) is 0.671. The van der Waals surface area contributed by atoms with E-state index in [1.165, 1.54) is 0 Å². The summed E-state index contributed by atoms with van der Waals surface area (Å²) in [6.45, 7) is 0. The zero-order valence-electron chi connectivity index (χ0n) is 11.4. The van der Waals surface area contributed by atoms with Crippen LogP contribution in [0.1, 0.15) is 32.1 Å². The number of nitrogens with one attached hydrogen (secondary N) is 1. The predicted molar refractivity (Wildman–Crippen MR) is 71.8 cm³/mol. The smallest absolute Gasteiger partial charge is 0.307 e. The van der Waals surface area contributed by atoms with Crippen molar-refractivity contribution in [1.82, 2.24) is 5.32 Å². The first-order chi connectivity index (χ1) is 9.56. The van der Waals surface area contributed by atoms with Gasteiger partial charge in [-0.1, -0.05) is 12.2 Å². The van der Waals surface area contributed by atoms with Crippen LogP contribution in [-0.4, -0.2) is 34.2 Å². The third-order valence-electron chi connectivity index (χ3n) is 5.04. The lowest BCUT2D eigenvalue weighted by Crippen LogP contribution is -2.46. The molecule has 0 aromatic heterocycles. The Balaban J connectivity index is 1.67. The van der Waals surface area contributed by atoms with E-state index in [-0.39, 0.29) is 29.9 Å². The molecule has 0 saturated heterocycles. The van der Waals surface area contributed by atoms with Gasteiger partial charge in [-0.25, -0.2) is 0 Å². The Morgan fingerprint density at radius 1 is 1.05 bits per heavy atom. The van der Waals surface area contributed by atoms with Gasteiger partial charge in [0.2, 0.25) is 5.91 Å². The number of carbonyl (C=O) groups excluding carboxylic acids is 1. The minimum atomic E-state index is -0.870. The fourth-order valence-electron chi connectivity index (χ4n) is 4.11. The van der Waals surface area contributed by atoms with E-state index >= 15 is 0 Å². The van der Waals surface area contributed by atoms with Gasteiger partial charge in [-0.2, -0.15) is 0 Å². The number of aliphatic hydroxyl groups is 1. The van der Waals surface area contributed by atoms with Crippen molar-refractivity contribution in [3.05, 3.63) is 12.2 Å². The Morgan fingerprint density at radius 2 is 1.75 bits per heavy atom. The molecule has 0 aliphatic heterocycles. The van der Waals surface area contributed by atoms with Gasteiger partial charge in [-0.15, -0.1) is 0 Å². The topological polar surface area (TPSA) is 86.6 Å². The lowest BCUT2D eigenvalue weighted by Gasteiger charge is -2.30. The van der Waals surface area contributed by atoms with Crippen molar-refractivity contribution in [3.8, 4) is 0 Å². The van der Waals surface area contributed by atoms with Gasteiger partial charge in [0.15, 0.2) is 0 Å². The maximum atomic E-state index is 12.4. The number of amides is 1. The minimum absolute atomic E-state index is 0.00481. The van der Waals surface area contributed by atoms with Gasteiger partial charge in [0.1, 0.15) is 0 Å². The SMILES string of the molecule is O=C(O)[C@@H]1C2C=CC(C2)[C@@H]1C(=O)NC1CCCC(O)C1. The summed E-state index contributed by atoms with van der Waals surface area (Å²) in [6, 6.07) is -0.0104. The molecule has 20 heavy (non-hydrogen) atoms. The molecule has 3 N–H and O–H groups in total. The van der Waals surface area contributed by atoms with Crippen molar-refractivity contribution in [3.63, 3.8) is 0 Å². The van der Waals surface area contributed by atoms with Crippen LogP contribution >= 0.6 is 0 Å². The summed E-state index contributed by atoms with van der Waals surface area (Å²) in [5, 5.41) is 22.0. The molecule has 3 rings (SSSR count). The highest BCUT2D eigenvalue weighted by Gasteiger charge is 2.51. The molecule has 5 heteroatoms. The van der Waals surface area contributed by atoms with Crippen molar-refractivity contribution < 1.29 is 19.8 Å². The lowest BCUT2D eigenvalue weighted by molar-refractivity contribution is -0.148. The van der Waals surface area contributed by atoms with Crippen LogP contribution < -0.4 is 5.32 Å². The summed E-state index contributed by atoms with van der Waals surface area (Å²) in [4.78, 5) is 23.8. The summed E-state index contributed by atoms with van der Waals surface area (Å²) in [5.41, 5.74) is 0. The average molecular weight is 279 g/mol. The summed E-state index contributed by atoms with van der Waals surface area (Å²) in [6.07, 6.45) is 7.53. The molecule has 0 radical (unpaired) electrons. The van der Waals surface area contributed by atoms with Gasteiger partial charge in [0, 0.05) is 6.04 Å². The van der Waals surface area contributed by atoms with Crippen LogP contribution in [0.3, 0.4) is 0 Å². The summed E-state index contributed by atoms with van der Waals surface area (Å²) in [7, 11) is 0. The molecule has 3 aliphatic rings. The zero-order valence-corrected chi connectivity index (χ0v) is 11.4. The number of fused-ring (bicyclic) bond motifs is 2. The highest BCUT2D eigenvalue weighted by atomic mass is 16.4. The third kappa shape index (κ3) is 2.35. The Morgan fingerprint density at radius 3 is 2.40 bits per heavy atom. The molecule has 0 aromatic carbocycles. The summed E-state index contributed by atoms with van der Waals surface area (Å²) >= 11 is 0. The normalized spacial score (nSPS) is 42.6. The first-order valence-corrected chi connectivity index (χ1v) is 7.46. The largest absolute Gasteiger partial charge is 0.481 e. The van der Waals surface area contributed by atoms with Crippen LogP contribution in [0.15, 0.2) is 12.2 Å². The van der Waals surface area contributed by atoms with Gasteiger partial charge >= 0.3 is 5.97 Å². The number of carbonyl (C=O) groups is 2. The molecule has 0 spiro atoms. The molecular weight excluding hydrogens is 258 g/mol. The Bertz CT molecular complexity index is 447. The number of rotatable bonds is 3. The molecule has 0 aromatic rings. The minimum Gasteiger partial charge on any atom is -0.481 e. The van der Waals surface area contributed by atoms with E-state index in [0.29, 0.717) is 6.42 Å². The Kier molecular flexibility index (Phi) is 3.54. The number of carboxylic acid groups (broad SMARTS) is 1. The average Bonchev–Trinajstić information content (AvgIpc) is 2.98. The second kappa shape index (κ2) is 5.20. The van der Waals surface area contributed by atoms with Crippen LogP contribution in [0.2, 0.25) is 0 Å². The van der Waals surface area contributed by atoms with Crippen LogP contribution in [0.4, 0.5) is 0 Å². The van der Waals surface area contributed by atoms with E-state index in [2.05, 4.69) is 5.32 Å². The first kappa shape index (κ1) is 13.6. The van der Waals surface area contributed by atoms with Crippen molar-refractivity contribution in [2.75, 3.05) is 0 Å². The molecule has 1 amide bonds. The van der Waals surface area contributed by atoms with Gasteiger partial charge in [-0.3, -0.25) is 9.59 Å². The first-order valence-electron chi connectivity index (χ1n) is 7.46. The second-order valence-corrected chi connectivity index (χ2v) is 6.36. The fraction of sp³-hybridized carbons (Fsp3) is 0.733. The molecule has 5 nitrogen and oxygen atoms in total. The summed E-state index contributed by atoms with van der Waals surface area (Å²) < 4.78 is 0. The number of hydrogen-bond donors (Lipinski definition) is 3. The molecule has 3 aliphatic carbocycles. The van der Waals surface area contributed by atoms with Crippen molar-refractivity contribution in [2.45, 2.75) is 44.2 Å². The van der Waals surface area contributed by atoms with Gasteiger partial charge in [0.25, 0.3) is 0 Å². The van der Waals surface area contributed by atoms with Crippen LogP contribution in [0.5, 0.6) is 0 Å². The van der Waals surface area contributed by atoms with E-state index in [9.17, 15) is 19.8 Å².